The van der Waals surface area contributed by atoms with Crippen LogP contribution in [-0.4, -0.2) is 41.9 Å². The first-order chi connectivity index (χ1) is 17.7. The Labute approximate surface area is 208 Å². The van der Waals surface area contributed by atoms with Crippen molar-refractivity contribution in [2.75, 3.05) is 6.54 Å². The smallest absolute Gasteiger partial charge is 0.223 e. The summed E-state index contributed by atoms with van der Waals surface area (Å²) >= 11 is 0. The molecule has 0 saturated carbocycles. The number of H-pyrrole nitrogens is 2. The fourth-order valence-electron chi connectivity index (χ4n) is 4.90. The van der Waals surface area contributed by atoms with Crippen molar-refractivity contribution in [3.05, 3.63) is 96.2 Å². The van der Waals surface area contributed by atoms with E-state index in [4.69, 9.17) is 4.98 Å². The standard InChI is InChI=1S/C29H28N6O/c1-34-26-13-7-6-12-25(26)33-28(34)19-35(17-16-20-18-30-22-9-3-2-8-21(20)22)29(36)15-14-27-31-23-10-4-5-11-24(23)32-27/h2-13,18,30H,14-17,19H2,1H3,(H,31,32). The maximum absolute atomic E-state index is 13.5. The molecule has 0 aliphatic rings. The molecule has 36 heavy (non-hydrogen) atoms. The largest absolute Gasteiger partial charge is 0.361 e. The lowest BCUT2D eigenvalue weighted by molar-refractivity contribution is -0.131. The molecule has 180 valence electrons. The van der Waals surface area contributed by atoms with Crippen LogP contribution in [0, 0.1) is 0 Å². The third kappa shape index (κ3) is 4.24. The Morgan fingerprint density at radius 3 is 2.47 bits per heavy atom. The van der Waals surface area contributed by atoms with Gasteiger partial charge in [0.25, 0.3) is 0 Å². The molecule has 0 bridgehead atoms. The van der Waals surface area contributed by atoms with Crippen LogP contribution in [0.5, 0.6) is 0 Å². The van der Waals surface area contributed by atoms with E-state index in [-0.39, 0.29) is 5.91 Å². The van der Waals surface area contributed by atoms with Crippen LogP contribution in [0.4, 0.5) is 0 Å². The molecule has 0 saturated heterocycles. The van der Waals surface area contributed by atoms with Crippen molar-refractivity contribution in [1.29, 1.82) is 0 Å². The first-order valence-corrected chi connectivity index (χ1v) is 12.3. The Bertz CT molecular complexity index is 1640. The van der Waals surface area contributed by atoms with E-state index in [1.165, 1.54) is 10.9 Å². The summed E-state index contributed by atoms with van der Waals surface area (Å²) in [5.41, 5.74) is 6.27. The van der Waals surface area contributed by atoms with E-state index in [2.05, 4.69) is 50.0 Å². The van der Waals surface area contributed by atoms with Gasteiger partial charge in [-0.25, -0.2) is 9.97 Å². The first kappa shape index (κ1) is 22.1. The Kier molecular flexibility index (Phi) is 5.73. The van der Waals surface area contributed by atoms with Gasteiger partial charge < -0.3 is 19.4 Å². The lowest BCUT2D eigenvalue weighted by Gasteiger charge is -2.22. The summed E-state index contributed by atoms with van der Waals surface area (Å²) in [6, 6.07) is 24.3. The number of nitrogens with zero attached hydrogens (tertiary/aromatic N) is 4. The summed E-state index contributed by atoms with van der Waals surface area (Å²) in [6.07, 6.45) is 3.78. The molecule has 0 fully saturated rings. The number of fused-ring (bicyclic) bond motifs is 3. The minimum absolute atomic E-state index is 0.0994. The zero-order valence-corrected chi connectivity index (χ0v) is 20.2. The van der Waals surface area contributed by atoms with Gasteiger partial charge in [0.05, 0.1) is 28.6 Å². The van der Waals surface area contributed by atoms with Crippen LogP contribution in [0.1, 0.15) is 23.6 Å². The van der Waals surface area contributed by atoms with Crippen molar-refractivity contribution in [1.82, 2.24) is 29.4 Å². The van der Waals surface area contributed by atoms with Crippen molar-refractivity contribution in [3.8, 4) is 0 Å². The van der Waals surface area contributed by atoms with Gasteiger partial charge in [0.1, 0.15) is 11.6 Å². The molecule has 3 aromatic heterocycles. The van der Waals surface area contributed by atoms with Crippen molar-refractivity contribution in [2.24, 2.45) is 7.05 Å². The van der Waals surface area contributed by atoms with E-state index >= 15 is 0 Å². The number of hydrogen-bond acceptors (Lipinski definition) is 3. The average Bonchev–Trinajstić information content (AvgIpc) is 3.60. The number of benzene rings is 3. The van der Waals surface area contributed by atoms with Crippen molar-refractivity contribution in [3.63, 3.8) is 0 Å². The molecule has 0 unspecified atom stereocenters. The van der Waals surface area contributed by atoms with Gasteiger partial charge >= 0.3 is 0 Å². The maximum Gasteiger partial charge on any atom is 0.223 e. The number of aromatic amines is 2. The van der Waals surface area contributed by atoms with Crippen LogP contribution in [-0.2, 0) is 31.2 Å². The minimum atomic E-state index is 0.0994. The summed E-state index contributed by atoms with van der Waals surface area (Å²) in [5, 5.41) is 1.20. The number of hydrogen-bond donors (Lipinski definition) is 2. The summed E-state index contributed by atoms with van der Waals surface area (Å²) in [5.74, 6) is 1.82. The lowest BCUT2D eigenvalue weighted by Crippen LogP contribution is -2.33. The highest BCUT2D eigenvalue weighted by atomic mass is 16.2. The Morgan fingerprint density at radius 2 is 1.64 bits per heavy atom. The van der Waals surface area contributed by atoms with Gasteiger partial charge in [-0.1, -0.05) is 42.5 Å². The van der Waals surface area contributed by atoms with Gasteiger partial charge in [-0.05, 0) is 42.3 Å². The minimum Gasteiger partial charge on any atom is -0.361 e. The second kappa shape index (κ2) is 9.34. The number of carbonyl (C=O) groups is 1. The monoisotopic (exact) mass is 476 g/mol. The summed E-state index contributed by atoms with van der Waals surface area (Å²) in [6.45, 7) is 1.08. The topological polar surface area (TPSA) is 82.6 Å². The molecule has 0 aliphatic carbocycles. The molecule has 1 amide bonds. The molecule has 3 aromatic carbocycles. The van der Waals surface area contributed by atoms with Gasteiger partial charge in [0.15, 0.2) is 0 Å². The number of nitrogens with one attached hydrogen (secondary N) is 2. The summed E-state index contributed by atoms with van der Waals surface area (Å²) in [7, 11) is 2.02. The van der Waals surface area contributed by atoms with Gasteiger partial charge in [-0.3, -0.25) is 4.79 Å². The number of imidazole rings is 2. The fraction of sp³-hybridized carbons (Fsp3) is 0.207. The third-order valence-corrected chi connectivity index (χ3v) is 6.90. The maximum atomic E-state index is 13.5. The van der Waals surface area contributed by atoms with Gasteiger partial charge in [-0.15, -0.1) is 0 Å². The second-order valence-corrected chi connectivity index (χ2v) is 9.20. The predicted octanol–water partition coefficient (Wildman–Crippen LogP) is 5.14. The summed E-state index contributed by atoms with van der Waals surface area (Å²) in [4.78, 5) is 31.6. The normalized spacial score (nSPS) is 11.6. The summed E-state index contributed by atoms with van der Waals surface area (Å²) < 4.78 is 2.08. The van der Waals surface area contributed by atoms with E-state index in [9.17, 15) is 4.79 Å². The molecular weight excluding hydrogens is 448 g/mol. The number of aromatic nitrogens is 5. The second-order valence-electron chi connectivity index (χ2n) is 9.20. The number of carbonyl (C=O) groups excluding carboxylic acids is 1. The fourth-order valence-corrected chi connectivity index (χ4v) is 4.90. The molecule has 3 heterocycles. The van der Waals surface area contributed by atoms with Gasteiger partial charge in [0.2, 0.25) is 5.91 Å². The SMILES string of the molecule is Cn1c(CN(CCc2c[nH]c3ccccc23)C(=O)CCc2nc3ccccc3[nH]2)nc2ccccc21. The van der Waals surface area contributed by atoms with Crippen LogP contribution in [0.2, 0.25) is 0 Å². The van der Waals surface area contributed by atoms with E-state index in [0.29, 0.717) is 25.9 Å². The molecule has 0 atom stereocenters. The van der Waals surface area contributed by atoms with Crippen LogP contribution >= 0.6 is 0 Å². The Morgan fingerprint density at radius 1 is 0.889 bits per heavy atom. The third-order valence-electron chi connectivity index (χ3n) is 6.90. The molecule has 6 aromatic rings. The molecular formula is C29H28N6O. The van der Waals surface area contributed by atoms with Gasteiger partial charge in [-0.2, -0.15) is 0 Å². The number of rotatable bonds is 8. The van der Waals surface area contributed by atoms with E-state index in [1.807, 2.05) is 60.5 Å². The molecule has 0 radical (unpaired) electrons. The number of aryl methyl sites for hydroxylation is 2. The predicted molar refractivity (Wildman–Crippen MR) is 143 cm³/mol. The highest BCUT2D eigenvalue weighted by Gasteiger charge is 2.19. The highest BCUT2D eigenvalue weighted by molar-refractivity contribution is 5.83. The Balaban J connectivity index is 1.23. The van der Waals surface area contributed by atoms with Crippen LogP contribution in [0.3, 0.4) is 0 Å². The van der Waals surface area contributed by atoms with Crippen LogP contribution < -0.4 is 0 Å². The van der Waals surface area contributed by atoms with Crippen LogP contribution in [0.15, 0.2) is 79.0 Å². The average molecular weight is 477 g/mol. The molecule has 7 nitrogen and oxygen atoms in total. The zero-order chi connectivity index (χ0) is 24.5. The molecule has 0 aliphatic heterocycles. The van der Waals surface area contributed by atoms with E-state index in [0.717, 1.165) is 45.7 Å². The number of para-hydroxylation sites is 5. The molecule has 7 heteroatoms. The molecule has 2 N–H and O–H groups in total. The van der Waals surface area contributed by atoms with Crippen molar-refractivity contribution < 1.29 is 4.79 Å². The van der Waals surface area contributed by atoms with Crippen LogP contribution in [0.25, 0.3) is 33.0 Å². The van der Waals surface area contributed by atoms with Crippen molar-refractivity contribution >= 4 is 38.9 Å². The molecule has 6 rings (SSSR count). The lowest BCUT2D eigenvalue weighted by atomic mass is 10.1. The number of amides is 1. The van der Waals surface area contributed by atoms with Crippen molar-refractivity contribution in [2.45, 2.75) is 25.8 Å². The quantitative estimate of drug-likeness (QED) is 0.319. The van der Waals surface area contributed by atoms with E-state index < -0.39 is 0 Å². The Hall–Kier alpha value is -4.39. The zero-order valence-electron chi connectivity index (χ0n) is 20.2. The van der Waals surface area contributed by atoms with E-state index in [1.54, 1.807) is 0 Å². The first-order valence-electron chi connectivity index (χ1n) is 12.3. The molecule has 0 spiro atoms. The highest BCUT2D eigenvalue weighted by Crippen LogP contribution is 2.20. The van der Waals surface area contributed by atoms with Gasteiger partial charge in [0, 0.05) is 43.5 Å².